The van der Waals surface area contributed by atoms with Crippen LogP contribution in [0.4, 0.5) is 5.82 Å². The van der Waals surface area contributed by atoms with Crippen LogP contribution in [0.25, 0.3) is 22.1 Å². The number of nitrogens with one attached hydrogen (secondary N) is 1. The molecule has 0 saturated carbocycles. The van der Waals surface area contributed by atoms with Gasteiger partial charge in [-0.05, 0) is 53.6 Å². The van der Waals surface area contributed by atoms with E-state index in [1.807, 2.05) is 18.2 Å². The second-order valence-electron chi connectivity index (χ2n) is 7.07. The van der Waals surface area contributed by atoms with Crippen LogP contribution in [0.3, 0.4) is 0 Å². The van der Waals surface area contributed by atoms with E-state index in [0.29, 0.717) is 35.2 Å². The summed E-state index contributed by atoms with van der Waals surface area (Å²) in [6.45, 7) is -0.0894. The molecule has 3 unspecified atom stereocenters. The molecule has 4 aromatic rings. The summed E-state index contributed by atoms with van der Waals surface area (Å²) >= 11 is 2.16. The Balaban J connectivity index is 1.23. The number of ether oxygens (including phenoxy) is 1. The number of phosphoric acid groups is 1. The quantitative estimate of drug-likeness (QED) is 0.240. The normalized spacial score (nSPS) is 21.0. The lowest BCUT2D eigenvalue weighted by molar-refractivity contribution is -0.0200. The number of hydrogen-bond acceptors (Lipinski definition) is 8. The molecular formula is C18H18IN6O5P. The van der Waals surface area contributed by atoms with Gasteiger partial charge in [0.15, 0.2) is 17.2 Å². The zero-order chi connectivity index (χ0) is 21.6. The zero-order valence-electron chi connectivity index (χ0n) is 16.0. The fraction of sp³-hybridized carbons (Fsp3) is 0.278. The number of nitrogens with two attached hydrogens (primary N) is 1. The van der Waals surface area contributed by atoms with Crippen molar-refractivity contribution in [1.82, 2.24) is 24.5 Å². The van der Waals surface area contributed by atoms with Gasteiger partial charge in [-0.2, -0.15) is 0 Å². The molecule has 1 saturated heterocycles. The van der Waals surface area contributed by atoms with Crippen LogP contribution in [0.1, 0.15) is 19.1 Å². The molecule has 0 spiro atoms. The first-order valence-electron chi connectivity index (χ1n) is 9.42. The van der Waals surface area contributed by atoms with Gasteiger partial charge in [0.1, 0.15) is 18.1 Å². The van der Waals surface area contributed by atoms with E-state index < -0.39 is 7.82 Å². The Morgan fingerprint density at radius 3 is 3.10 bits per heavy atom. The fourth-order valence-corrected chi connectivity index (χ4v) is 4.86. The van der Waals surface area contributed by atoms with Crippen molar-refractivity contribution >= 4 is 58.3 Å². The van der Waals surface area contributed by atoms with Gasteiger partial charge in [0, 0.05) is 20.7 Å². The number of halogens is 1. The predicted octanol–water partition coefficient (Wildman–Crippen LogP) is 3.37. The van der Waals surface area contributed by atoms with E-state index in [1.54, 1.807) is 10.9 Å². The molecule has 11 nitrogen and oxygen atoms in total. The van der Waals surface area contributed by atoms with E-state index in [1.165, 1.54) is 12.5 Å². The summed E-state index contributed by atoms with van der Waals surface area (Å²) in [7, 11) is -4.34. The van der Waals surface area contributed by atoms with Crippen molar-refractivity contribution in [3.8, 4) is 5.75 Å². The van der Waals surface area contributed by atoms with E-state index in [-0.39, 0.29) is 24.7 Å². The van der Waals surface area contributed by atoms with E-state index in [0.717, 1.165) is 9.09 Å². The van der Waals surface area contributed by atoms with E-state index >= 15 is 0 Å². The summed E-state index contributed by atoms with van der Waals surface area (Å²) in [5.74, 6) is 0.554. The maximum absolute atomic E-state index is 12.5. The topological polar surface area (TPSA) is 150 Å². The van der Waals surface area contributed by atoms with Crippen molar-refractivity contribution in [2.45, 2.75) is 25.2 Å². The predicted molar refractivity (Wildman–Crippen MR) is 120 cm³/mol. The highest BCUT2D eigenvalue weighted by Crippen LogP contribution is 2.46. The summed E-state index contributed by atoms with van der Waals surface area (Å²) in [5.41, 5.74) is 7.71. The lowest BCUT2D eigenvalue weighted by atomic mass is 10.2. The number of anilines is 1. The first-order chi connectivity index (χ1) is 14.9. The summed E-state index contributed by atoms with van der Waals surface area (Å²) in [6, 6.07) is 5.66. The lowest BCUT2D eigenvalue weighted by Gasteiger charge is -2.17. The highest BCUT2D eigenvalue weighted by Gasteiger charge is 2.32. The highest BCUT2D eigenvalue weighted by atomic mass is 127. The Morgan fingerprint density at radius 1 is 1.35 bits per heavy atom. The minimum absolute atomic E-state index is 0.0894. The molecule has 1 aliphatic rings. The highest BCUT2D eigenvalue weighted by molar-refractivity contribution is 14.1. The average Bonchev–Trinajstić information content (AvgIpc) is 3.45. The first kappa shape index (κ1) is 20.6. The minimum atomic E-state index is -4.34. The van der Waals surface area contributed by atoms with Crippen LogP contribution < -0.4 is 10.3 Å². The van der Waals surface area contributed by atoms with Gasteiger partial charge in [0.05, 0.1) is 19.0 Å². The Labute approximate surface area is 189 Å². The van der Waals surface area contributed by atoms with E-state index in [9.17, 15) is 9.46 Å². The maximum atomic E-state index is 12.5. The van der Waals surface area contributed by atoms with Crippen LogP contribution in [0.2, 0.25) is 0 Å². The number of imidazole rings is 1. The molecule has 1 aromatic carbocycles. The number of aromatic amines is 1. The number of phosphoric ester groups is 1. The van der Waals surface area contributed by atoms with Gasteiger partial charge in [-0.15, -0.1) is 0 Å². The number of H-pyrrole nitrogens is 1. The number of nitrogens with zero attached hydrogens (tertiary/aromatic N) is 4. The van der Waals surface area contributed by atoms with Crippen LogP contribution in [0, 0.1) is 3.57 Å². The average molecular weight is 556 g/mol. The monoisotopic (exact) mass is 556 g/mol. The number of rotatable bonds is 6. The van der Waals surface area contributed by atoms with Crippen LogP contribution in [-0.4, -0.2) is 42.1 Å². The Hall–Kier alpha value is -2.25. The van der Waals surface area contributed by atoms with Gasteiger partial charge in [-0.3, -0.25) is 14.0 Å². The number of nitrogen functional groups attached to an aromatic ring is 1. The van der Waals surface area contributed by atoms with Crippen molar-refractivity contribution in [2.75, 3.05) is 12.3 Å². The van der Waals surface area contributed by atoms with Gasteiger partial charge in [0.25, 0.3) is 0 Å². The molecule has 4 heterocycles. The molecule has 1 fully saturated rings. The van der Waals surface area contributed by atoms with Gasteiger partial charge < -0.3 is 20.0 Å². The van der Waals surface area contributed by atoms with Crippen molar-refractivity contribution in [3.63, 3.8) is 0 Å². The molecule has 162 valence electrons. The van der Waals surface area contributed by atoms with Gasteiger partial charge in [-0.25, -0.2) is 19.5 Å². The van der Waals surface area contributed by atoms with Crippen molar-refractivity contribution in [1.29, 1.82) is 0 Å². The summed E-state index contributed by atoms with van der Waals surface area (Å²) in [5, 5.41) is 0.704. The first-order valence-corrected chi connectivity index (χ1v) is 12.0. The van der Waals surface area contributed by atoms with Crippen LogP contribution in [0.15, 0.2) is 37.1 Å². The Bertz CT molecular complexity index is 1310. The molecule has 0 amide bonds. The molecule has 0 radical (unpaired) electrons. The molecule has 4 N–H and O–H groups in total. The van der Waals surface area contributed by atoms with Crippen LogP contribution in [-0.2, 0) is 13.8 Å². The molecule has 3 aromatic heterocycles. The largest absolute Gasteiger partial charge is 0.527 e. The molecule has 5 rings (SSSR count). The molecule has 0 bridgehead atoms. The van der Waals surface area contributed by atoms with Crippen LogP contribution >= 0.6 is 30.4 Å². The third-order valence-corrected chi connectivity index (χ3v) is 6.60. The standard InChI is InChI=1S/C18H18IN6O5P/c19-10-1-3-13-12(5-10)14(6-21-13)30-31(26,27)28-7-11-2-4-15(29-11)25-9-24-16-17(20)22-8-23-18(16)25/h1,3,5-6,8-9,11,15,21H,2,4,7H2,(H,26,27)(H2,20,22,23). The van der Waals surface area contributed by atoms with Gasteiger partial charge in [-0.1, -0.05) is 0 Å². The summed E-state index contributed by atoms with van der Waals surface area (Å²) < 4.78 is 31.7. The molecule has 0 aliphatic carbocycles. The SMILES string of the molecule is Nc1ncnc2c1ncn2C1CCC(COP(=O)(O)Oc2c[nH]c3ccc(I)cc23)O1. The minimum Gasteiger partial charge on any atom is -0.402 e. The molecular weight excluding hydrogens is 538 g/mol. The van der Waals surface area contributed by atoms with Gasteiger partial charge in [0.2, 0.25) is 0 Å². The third kappa shape index (κ3) is 4.13. The Kier molecular flexibility index (Phi) is 5.34. The second kappa shape index (κ2) is 8.02. The maximum Gasteiger partial charge on any atom is 0.527 e. The lowest BCUT2D eigenvalue weighted by Crippen LogP contribution is -2.16. The molecule has 1 aliphatic heterocycles. The van der Waals surface area contributed by atoms with Crippen molar-refractivity contribution in [2.24, 2.45) is 0 Å². The fourth-order valence-electron chi connectivity index (χ4n) is 3.57. The van der Waals surface area contributed by atoms with E-state index in [4.69, 9.17) is 19.5 Å². The molecule has 13 heteroatoms. The number of aromatic nitrogens is 5. The van der Waals surface area contributed by atoms with Gasteiger partial charge >= 0.3 is 7.82 Å². The Morgan fingerprint density at radius 2 is 2.23 bits per heavy atom. The summed E-state index contributed by atoms with van der Waals surface area (Å²) in [6.07, 6.45) is 5.10. The number of hydrogen-bond donors (Lipinski definition) is 3. The third-order valence-electron chi connectivity index (χ3n) is 5.03. The van der Waals surface area contributed by atoms with Crippen LogP contribution in [0.5, 0.6) is 5.75 Å². The smallest absolute Gasteiger partial charge is 0.402 e. The van der Waals surface area contributed by atoms with E-state index in [2.05, 4.69) is 42.5 Å². The molecule has 31 heavy (non-hydrogen) atoms. The second-order valence-corrected chi connectivity index (χ2v) is 9.70. The zero-order valence-corrected chi connectivity index (χ0v) is 19.1. The number of fused-ring (bicyclic) bond motifs is 2. The number of benzene rings is 1. The summed E-state index contributed by atoms with van der Waals surface area (Å²) in [4.78, 5) is 25.6. The molecule has 3 atom stereocenters. The van der Waals surface area contributed by atoms with Crippen molar-refractivity contribution < 1.29 is 23.2 Å². The van der Waals surface area contributed by atoms with Crippen molar-refractivity contribution in [3.05, 3.63) is 40.6 Å².